The molecule has 2 aliphatic rings. The molecule has 0 bridgehead atoms. The number of fused-ring (bicyclic) bond motifs is 1. The van der Waals surface area contributed by atoms with Crippen molar-refractivity contribution < 1.29 is 18.0 Å². The van der Waals surface area contributed by atoms with Crippen LogP contribution >= 0.6 is 0 Å². The fourth-order valence-corrected chi connectivity index (χ4v) is 4.06. The molecular weight excluding hydrogens is 399 g/mol. The van der Waals surface area contributed by atoms with Crippen LogP contribution < -0.4 is 4.90 Å². The van der Waals surface area contributed by atoms with Gasteiger partial charge in [0, 0.05) is 51.0 Å². The van der Waals surface area contributed by atoms with E-state index >= 15 is 0 Å². The summed E-state index contributed by atoms with van der Waals surface area (Å²) in [5.74, 6) is -0.544. The van der Waals surface area contributed by atoms with Gasteiger partial charge in [-0.05, 0) is 19.8 Å². The highest BCUT2D eigenvalue weighted by Crippen LogP contribution is 2.28. The number of aryl methyl sites for hydroxylation is 1. The second kappa shape index (κ2) is 8.37. The number of nitrogens with zero attached hydrogens (tertiary/aromatic N) is 7. The summed E-state index contributed by atoms with van der Waals surface area (Å²) >= 11 is 0. The zero-order valence-electron chi connectivity index (χ0n) is 17.0. The third kappa shape index (κ3) is 4.50. The van der Waals surface area contributed by atoms with Crippen molar-refractivity contribution in [3.05, 3.63) is 17.6 Å². The molecule has 0 atom stereocenters. The molecule has 2 aromatic rings. The Hall–Kier alpha value is -2.43. The van der Waals surface area contributed by atoms with E-state index in [1.165, 1.54) is 12.8 Å². The number of amides is 1. The van der Waals surface area contributed by atoms with Crippen molar-refractivity contribution in [3.8, 4) is 0 Å². The second-order valence-corrected chi connectivity index (χ2v) is 7.96. The van der Waals surface area contributed by atoms with Crippen molar-refractivity contribution in [2.24, 2.45) is 0 Å². The number of rotatable bonds is 3. The predicted octanol–water partition coefficient (Wildman–Crippen LogP) is 1.98. The van der Waals surface area contributed by atoms with Crippen LogP contribution in [-0.4, -0.2) is 81.1 Å². The molecular formula is C19H26F3N7O. The average Bonchev–Trinajstić information content (AvgIpc) is 2.94. The van der Waals surface area contributed by atoms with E-state index in [1.807, 2.05) is 9.80 Å². The van der Waals surface area contributed by atoms with Gasteiger partial charge in [-0.15, -0.1) is 5.10 Å². The molecule has 1 amide bonds. The maximum absolute atomic E-state index is 13.0. The summed E-state index contributed by atoms with van der Waals surface area (Å²) < 4.78 is 40.3. The first-order valence-corrected chi connectivity index (χ1v) is 10.4. The van der Waals surface area contributed by atoms with Crippen molar-refractivity contribution in [1.29, 1.82) is 0 Å². The van der Waals surface area contributed by atoms with E-state index in [1.54, 1.807) is 13.0 Å². The van der Waals surface area contributed by atoms with Crippen LogP contribution in [0.1, 0.15) is 37.2 Å². The third-order valence-corrected chi connectivity index (χ3v) is 5.69. The van der Waals surface area contributed by atoms with Gasteiger partial charge >= 0.3 is 6.18 Å². The SMILES string of the molecule is Cc1cc(N2CCN(CC(=O)N3CCCCCC3)CC2)n2nc(C(F)(F)F)nc2n1. The van der Waals surface area contributed by atoms with E-state index in [2.05, 4.69) is 20.0 Å². The highest BCUT2D eigenvalue weighted by Gasteiger charge is 2.37. The molecule has 2 fully saturated rings. The first kappa shape index (κ1) is 20.8. The standard InChI is InChI=1S/C19H26F3N7O/c1-14-12-15(29-18(23-14)24-17(25-29)19(20,21)22)27-10-8-26(9-11-27)13-16(30)28-6-4-2-3-5-7-28/h12H,2-11,13H2,1H3. The smallest absolute Gasteiger partial charge is 0.354 e. The number of piperazine rings is 1. The molecule has 11 heteroatoms. The van der Waals surface area contributed by atoms with Crippen LogP contribution in [0.3, 0.4) is 0 Å². The molecule has 2 saturated heterocycles. The minimum Gasteiger partial charge on any atom is -0.354 e. The molecule has 30 heavy (non-hydrogen) atoms. The average molecular weight is 425 g/mol. The number of alkyl halides is 3. The Morgan fingerprint density at radius 3 is 2.30 bits per heavy atom. The van der Waals surface area contributed by atoms with Gasteiger partial charge in [-0.25, -0.2) is 4.98 Å². The Balaban J connectivity index is 1.43. The molecule has 8 nitrogen and oxygen atoms in total. The zero-order valence-corrected chi connectivity index (χ0v) is 17.0. The van der Waals surface area contributed by atoms with Gasteiger partial charge in [-0.3, -0.25) is 9.69 Å². The van der Waals surface area contributed by atoms with Crippen LogP contribution in [0.15, 0.2) is 6.07 Å². The Morgan fingerprint density at radius 1 is 1.00 bits per heavy atom. The van der Waals surface area contributed by atoms with E-state index in [-0.39, 0.29) is 11.7 Å². The fourth-order valence-electron chi connectivity index (χ4n) is 4.06. The maximum atomic E-state index is 13.0. The first-order chi connectivity index (χ1) is 14.3. The molecule has 0 spiro atoms. The molecule has 0 radical (unpaired) electrons. The number of aromatic nitrogens is 4. The van der Waals surface area contributed by atoms with Gasteiger partial charge in [0.25, 0.3) is 11.6 Å². The Bertz CT molecular complexity index is 897. The molecule has 0 N–H and O–H groups in total. The number of carbonyl (C=O) groups is 1. The predicted molar refractivity (Wildman–Crippen MR) is 104 cm³/mol. The second-order valence-electron chi connectivity index (χ2n) is 7.96. The van der Waals surface area contributed by atoms with Gasteiger partial charge < -0.3 is 9.80 Å². The normalized spacial score (nSPS) is 19.3. The van der Waals surface area contributed by atoms with E-state index in [4.69, 9.17) is 0 Å². The summed E-state index contributed by atoms with van der Waals surface area (Å²) in [6, 6.07) is 1.72. The van der Waals surface area contributed by atoms with Crippen molar-refractivity contribution in [3.63, 3.8) is 0 Å². The summed E-state index contributed by atoms with van der Waals surface area (Å²) in [4.78, 5) is 26.3. The van der Waals surface area contributed by atoms with Gasteiger partial charge in [-0.2, -0.15) is 22.7 Å². The number of carbonyl (C=O) groups excluding carboxylic acids is 1. The number of likely N-dealkylation sites (tertiary alicyclic amines) is 1. The van der Waals surface area contributed by atoms with Crippen molar-refractivity contribution in [2.45, 2.75) is 38.8 Å². The highest BCUT2D eigenvalue weighted by atomic mass is 19.4. The maximum Gasteiger partial charge on any atom is 0.453 e. The molecule has 4 heterocycles. The quantitative estimate of drug-likeness (QED) is 0.749. The number of halogens is 3. The van der Waals surface area contributed by atoms with Crippen LogP contribution in [-0.2, 0) is 11.0 Å². The largest absolute Gasteiger partial charge is 0.453 e. The lowest BCUT2D eigenvalue weighted by Crippen LogP contribution is -2.50. The Labute approximate surface area is 172 Å². The summed E-state index contributed by atoms with van der Waals surface area (Å²) in [5.41, 5.74) is 0.581. The number of hydrogen-bond donors (Lipinski definition) is 0. The van der Waals surface area contributed by atoms with Gasteiger partial charge in [0.15, 0.2) is 0 Å². The van der Waals surface area contributed by atoms with E-state index in [0.29, 0.717) is 44.2 Å². The molecule has 0 aliphatic carbocycles. The topological polar surface area (TPSA) is 69.9 Å². The van der Waals surface area contributed by atoms with Crippen LogP contribution in [0.25, 0.3) is 5.78 Å². The van der Waals surface area contributed by atoms with Crippen molar-refractivity contribution in [2.75, 3.05) is 50.7 Å². The van der Waals surface area contributed by atoms with Gasteiger partial charge in [-0.1, -0.05) is 12.8 Å². The molecule has 2 aromatic heterocycles. The minimum atomic E-state index is -4.62. The summed E-state index contributed by atoms with van der Waals surface area (Å²) in [7, 11) is 0. The van der Waals surface area contributed by atoms with Crippen LogP contribution in [0.5, 0.6) is 0 Å². The van der Waals surface area contributed by atoms with Crippen LogP contribution in [0.4, 0.5) is 19.0 Å². The van der Waals surface area contributed by atoms with E-state index in [9.17, 15) is 18.0 Å². The van der Waals surface area contributed by atoms with Crippen LogP contribution in [0, 0.1) is 6.92 Å². The zero-order chi connectivity index (χ0) is 21.3. The monoisotopic (exact) mass is 425 g/mol. The van der Waals surface area contributed by atoms with Gasteiger partial charge in [0.1, 0.15) is 5.82 Å². The minimum absolute atomic E-state index is 0.0592. The lowest BCUT2D eigenvalue weighted by molar-refractivity contribution is -0.144. The van der Waals surface area contributed by atoms with Crippen LogP contribution in [0.2, 0.25) is 0 Å². The van der Waals surface area contributed by atoms with Gasteiger partial charge in [0.05, 0.1) is 6.54 Å². The van der Waals surface area contributed by atoms with E-state index in [0.717, 1.165) is 30.4 Å². The third-order valence-electron chi connectivity index (χ3n) is 5.69. The molecule has 164 valence electrons. The lowest BCUT2D eigenvalue weighted by atomic mass is 10.2. The fraction of sp³-hybridized carbons (Fsp3) is 0.684. The molecule has 0 saturated carbocycles. The first-order valence-electron chi connectivity index (χ1n) is 10.4. The lowest BCUT2D eigenvalue weighted by Gasteiger charge is -2.36. The molecule has 0 unspecified atom stereocenters. The van der Waals surface area contributed by atoms with Gasteiger partial charge in [0.2, 0.25) is 5.91 Å². The Morgan fingerprint density at radius 2 is 1.67 bits per heavy atom. The molecule has 0 aromatic carbocycles. The Kier molecular flexibility index (Phi) is 5.81. The summed E-state index contributed by atoms with van der Waals surface area (Å²) in [5, 5.41) is 3.64. The van der Waals surface area contributed by atoms with Crippen molar-refractivity contribution >= 4 is 17.5 Å². The number of hydrogen-bond acceptors (Lipinski definition) is 6. The number of anilines is 1. The van der Waals surface area contributed by atoms with E-state index < -0.39 is 12.0 Å². The summed E-state index contributed by atoms with van der Waals surface area (Å²) in [6.07, 6.45) is -0.129. The van der Waals surface area contributed by atoms with Crippen molar-refractivity contribution in [1.82, 2.24) is 29.4 Å². The highest BCUT2D eigenvalue weighted by molar-refractivity contribution is 5.78. The molecule has 2 aliphatic heterocycles. The summed E-state index contributed by atoms with van der Waals surface area (Å²) in [6.45, 7) is 6.27. The molecule has 4 rings (SSSR count).